The third-order valence-electron chi connectivity index (χ3n) is 4.43. The highest BCUT2D eigenvalue weighted by Gasteiger charge is 2.29. The van der Waals surface area contributed by atoms with Crippen molar-refractivity contribution in [2.45, 2.75) is 25.0 Å². The molecule has 1 fully saturated rings. The second-order valence-corrected chi connectivity index (χ2v) is 7.02. The van der Waals surface area contributed by atoms with Gasteiger partial charge in [-0.1, -0.05) is 29.3 Å². The lowest BCUT2D eigenvalue weighted by atomic mass is 10.2. The molecule has 2 aromatic rings. The average Bonchev–Trinajstić information content (AvgIpc) is 3.36. The Bertz CT molecular complexity index is 768. The summed E-state index contributed by atoms with van der Waals surface area (Å²) in [5.74, 6) is 1.61. The van der Waals surface area contributed by atoms with E-state index in [1.807, 2.05) is 43.8 Å². The van der Waals surface area contributed by atoms with Crippen molar-refractivity contribution in [3.05, 3.63) is 64.5 Å². The molecule has 0 spiro atoms. The summed E-state index contributed by atoms with van der Waals surface area (Å²) in [5, 5.41) is 4.62. The van der Waals surface area contributed by atoms with E-state index in [4.69, 9.17) is 23.2 Å². The van der Waals surface area contributed by atoms with Crippen LogP contribution in [0.15, 0.2) is 48.9 Å². The lowest BCUT2D eigenvalue weighted by molar-refractivity contribution is 0.391. The van der Waals surface area contributed by atoms with Crippen LogP contribution in [0.5, 0.6) is 0 Å². The Labute approximate surface area is 151 Å². The summed E-state index contributed by atoms with van der Waals surface area (Å²) in [6.45, 7) is 0. The minimum absolute atomic E-state index is 0.135. The van der Waals surface area contributed by atoms with E-state index in [1.165, 1.54) is 18.4 Å². The molecule has 2 aliphatic rings. The van der Waals surface area contributed by atoms with E-state index in [2.05, 4.69) is 32.2 Å². The summed E-state index contributed by atoms with van der Waals surface area (Å²) in [7, 11) is 2.00. The lowest BCUT2D eigenvalue weighted by Gasteiger charge is -2.31. The number of para-hydroxylation sites is 1. The van der Waals surface area contributed by atoms with Crippen LogP contribution >= 0.6 is 23.2 Å². The van der Waals surface area contributed by atoms with Gasteiger partial charge in [0, 0.05) is 25.6 Å². The molecule has 0 radical (unpaired) electrons. The van der Waals surface area contributed by atoms with Gasteiger partial charge in [-0.15, -0.1) is 0 Å². The minimum atomic E-state index is -0.135. The van der Waals surface area contributed by atoms with E-state index in [9.17, 15) is 0 Å². The molecule has 124 valence electrons. The summed E-state index contributed by atoms with van der Waals surface area (Å²) in [4.78, 5) is 8.69. The molecule has 1 aromatic carbocycles. The maximum atomic E-state index is 6.30. The Morgan fingerprint density at radius 3 is 2.58 bits per heavy atom. The molecule has 0 amide bonds. The molecule has 1 aliphatic heterocycles. The molecule has 6 heteroatoms. The largest absolute Gasteiger partial charge is 0.345 e. The van der Waals surface area contributed by atoms with Crippen molar-refractivity contribution in [3.63, 3.8) is 0 Å². The maximum Gasteiger partial charge on any atom is 0.183 e. The molecule has 2 heterocycles. The lowest BCUT2D eigenvalue weighted by Crippen LogP contribution is -2.43. The number of anilines is 2. The maximum absolute atomic E-state index is 6.30. The third kappa shape index (κ3) is 2.92. The van der Waals surface area contributed by atoms with Crippen molar-refractivity contribution < 1.29 is 0 Å². The van der Waals surface area contributed by atoms with Crippen LogP contribution in [0.3, 0.4) is 0 Å². The number of pyridine rings is 1. The van der Waals surface area contributed by atoms with Gasteiger partial charge in [-0.2, -0.15) is 0 Å². The number of nitrogens with zero attached hydrogens (tertiary/aromatic N) is 3. The number of nitrogens with one attached hydrogen (secondary N) is 1. The fourth-order valence-corrected chi connectivity index (χ4v) is 3.43. The molecule has 24 heavy (non-hydrogen) atoms. The Balaban J connectivity index is 1.63. The monoisotopic (exact) mass is 360 g/mol. The van der Waals surface area contributed by atoms with Crippen LogP contribution in [0.25, 0.3) is 0 Å². The average molecular weight is 361 g/mol. The number of rotatable bonds is 4. The van der Waals surface area contributed by atoms with Crippen molar-refractivity contribution >= 4 is 34.7 Å². The summed E-state index contributed by atoms with van der Waals surface area (Å²) < 4.78 is 0. The predicted octanol–water partition coefficient (Wildman–Crippen LogP) is 4.88. The van der Waals surface area contributed by atoms with Crippen molar-refractivity contribution in [1.82, 2.24) is 9.88 Å². The molecule has 1 saturated carbocycles. The Kier molecular flexibility index (Phi) is 4.02. The summed E-state index contributed by atoms with van der Waals surface area (Å²) in [6, 6.07) is 9.77. The molecule has 0 bridgehead atoms. The quantitative estimate of drug-likeness (QED) is 0.841. The van der Waals surface area contributed by atoms with Crippen LogP contribution in [-0.2, 0) is 0 Å². The smallest absolute Gasteiger partial charge is 0.183 e. The van der Waals surface area contributed by atoms with Gasteiger partial charge < -0.3 is 10.2 Å². The first-order valence-electron chi connectivity index (χ1n) is 7.98. The number of benzene rings is 1. The third-order valence-corrected chi connectivity index (χ3v) is 5.06. The molecule has 0 saturated heterocycles. The molecule has 4 rings (SSSR count). The number of halogens is 2. The Morgan fingerprint density at radius 2 is 1.88 bits per heavy atom. The zero-order valence-corrected chi connectivity index (χ0v) is 14.8. The van der Waals surface area contributed by atoms with E-state index in [0.717, 1.165) is 11.5 Å². The van der Waals surface area contributed by atoms with Gasteiger partial charge in [0.25, 0.3) is 0 Å². The summed E-state index contributed by atoms with van der Waals surface area (Å²) in [5.41, 5.74) is 2.09. The van der Waals surface area contributed by atoms with Crippen LogP contribution in [-0.4, -0.2) is 23.2 Å². The number of hydrogen-bond acceptors (Lipinski definition) is 4. The van der Waals surface area contributed by atoms with E-state index < -0.39 is 0 Å². The highest BCUT2D eigenvalue weighted by Crippen LogP contribution is 2.41. The molecule has 4 nitrogen and oxygen atoms in total. The van der Waals surface area contributed by atoms with Gasteiger partial charge in [0.1, 0.15) is 5.82 Å². The second kappa shape index (κ2) is 6.19. The zero-order chi connectivity index (χ0) is 16.7. The van der Waals surface area contributed by atoms with Crippen molar-refractivity contribution in [2.75, 3.05) is 17.3 Å². The molecular weight excluding hydrogens is 343 g/mol. The first-order valence-corrected chi connectivity index (χ1v) is 8.74. The van der Waals surface area contributed by atoms with Gasteiger partial charge in [0.2, 0.25) is 0 Å². The zero-order valence-electron chi connectivity index (χ0n) is 13.3. The number of hydrogen-bond donors (Lipinski definition) is 1. The van der Waals surface area contributed by atoms with Crippen LogP contribution in [0.2, 0.25) is 10.0 Å². The Morgan fingerprint density at radius 1 is 1.12 bits per heavy atom. The van der Waals surface area contributed by atoms with Gasteiger partial charge in [0.15, 0.2) is 6.29 Å². The van der Waals surface area contributed by atoms with Gasteiger partial charge in [-0.3, -0.25) is 4.90 Å². The SMILES string of the molecule is CN1C=CN(c2cc(C3CC3)ccn2)C1Nc1c(Cl)cccc1Cl. The van der Waals surface area contributed by atoms with Crippen molar-refractivity contribution in [2.24, 2.45) is 0 Å². The van der Waals surface area contributed by atoms with Gasteiger partial charge in [-0.25, -0.2) is 4.98 Å². The standard InChI is InChI=1S/C18H18Cl2N4/c1-23-9-10-24(16-11-13(7-8-21-16)12-5-6-12)18(23)22-17-14(19)3-2-4-15(17)20/h2-4,7-12,18,22H,5-6H2,1H3. The highest BCUT2D eigenvalue weighted by atomic mass is 35.5. The van der Waals surface area contributed by atoms with E-state index in [0.29, 0.717) is 16.0 Å². The summed E-state index contributed by atoms with van der Waals surface area (Å²) in [6.07, 6.45) is 8.32. The highest BCUT2D eigenvalue weighted by molar-refractivity contribution is 6.39. The van der Waals surface area contributed by atoms with Crippen LogP contribution in [0, 0.1) is 0 Å². The molecule has 1 aromatic heterocycles. The fourth-order valence-electron chi connectivity index (χ4n) is 2.92. The minimum Gasteiger partial charge on any atom is -0.345 e. The van der Waals surface area contributed by atoms with Crippen LogP contribution in [0.4, 0.5) is 11.5 Å². The van der Waals surface area contributed by atoms with Gasteiger partial charge in [-0.05, 0) is 48.6 Å². The molecular formula is C18H18Cl2N4. The predicted molar refractivity (Wildman–Crippen MR) is 99.5 cm³/mol. The van der Waals surface area contributed by atoms with Gasteiger partial charge >= 0.3 is 0 Å². The van der Waals surface area contributed by atoms with E-state index in [1.54, 1.807) is 0 Å². The normalized spacial score (nSPS) is 19.9. The van der Waals surface area contributed by atoms with E-state index in [-0.39, 0.29) is 6.29 Å². The van der Waals surface area contributed by atoms with Crippen LogP contribution < -0.4 is 10.2 Å². The summed E-state index contributed by atoms with van der Waals surface area (Å²) >= 11 is 12.6. The van der Waals surface area contributed by atoms with E-state index >= 15 is 0 Å². The second-order valence-electron chi connectivity index (χ2n) is 6.21. The van der Waals surface area contributed by atoms with Gasteiger partial charge in [0.05, 0.1) is 15.7 Å². The van der Waals surface area contributed by atoms with Crippen molar-refractivity contribution in [3.8, 4) is 0 Å². The topological polar surface area (TPSA) is 31.4 Å². The molecule has 1 unspecified atom stereocenters. The molecule has 1 aliphatic carbocycles. The first-order chi connectivity index (χ1) is 11.6. The van der Waals surface area contributed by atoms with Crippen LogP contribution in [0.1, 0.15) is 24.3 Å². The molecule has 1 atom stereocenters. The number of aromatic nitrogens is 1. The van der Waals surface area contributed by atoms with Crippen molar-refractivity contribution in [1.29, 1.82) is 0 Å². The first kappa shape index (κ1) is 15.6. The fraction of sp³-hybridized carbons (Fsp3) is 0.278. The molecule has 1 N–H and O–H groups in total. The Hall–Kier alpha value is -1.91.